The van der Waals surface area contributed by atoms with Crippen molar-refractivity contribution in [1.29, 1.82) is 0 Å². The molecule has 1 aliphatic rings. The van der Waals surface area contributed by atoms with E-state index in [2.05, 4.69) is 5.32 Å². The standard InChI is InChI=1S/C20H24N2O3S/c1-16(17-9-4-2-5-10-17)21-20(23)18-11-8-12-19(15-18)26(24,25)22-13-6-3-7-14-22/h2,4-5,8-12,15-16H,3,6-7,13-14H2,1H3,(H,21,23). The van der Waals surface area contributed by atoms with Crippen LogP contribution in [0.1, 0.15) is 48.1 Å². The van der Waals surface area contributed by atoms with E-state index in [1.54, 1.807) is 18.2 Å². The summed E-state index contributed by atoms with van der Waals surface area (Å²) in [5.74, 6) is -0.281. The van der Waals surface area contributed by atoms with Gasteiger partial charge in [0.2, 0.25) is 10.0 Å². The summed E-state index contributed by atoms with van der Waals surface area (Å²) in [6.45, 7) is 3.00. The third-order valence-corrected chi connectivity index (χ3v) is 6.59. The monoisotopic (exact) mass is 372 g/mol. The lowest BCUT2D eigenvalue weighted by Crippen LogP contribution is -2.35. The van der Waals surface area contributed by atoms with E-state index in [0.29, 0.717) is 18.7 Å². The van der Waals surface area contributed by atoms with Gasteiger partial charge in [0, 0.05) is 18.7 Å². The Bertz CT molecular complexity index is 860. The molecule has 0 aromatic heterocycles. The van der Waals surface area contributed by atoms with Crippen molar-refractivity contribution in [3.8, 4) is 0 Å². The number of nitrogens with one attached hydrogen (secondary N) is 1. The highest BCUT2D eigenvalue weighted by atomic mass is 32.2. The zero-order valence-corrected chi connectivity index (χ0v) is 15.7. The second-order valence-corrected chi connectivity index (χ2v) is 8.54. The number of nitrogens with zero attached hydrogens (tertiary/aromatic N) is 1. The number of hydrogen-bond donors (Lipinski definition) is 1. The van der Waals surface area contributed by atoms with E-state index >= 15 is 0 Å². The van der Waals surface area contributed by atoms with E-state index in [1.807, 2.05) is 37.3 Å². The second-order valence-electron chi connectivity index (χ2n) is 6.60. The SMILES string of the molecule is CC(NC(=O)c1cccc(S(=O)(=O)N2CCCCC2)c1)c1ccccc1. The van der Waals surface area contributed by atoms with E-state index in [4.69, 9.17) is 0 Å². The van der Waals surface area contributed by atoms with Gasteiger partial charge >= 0.3 is 0 Å². The van der Waals surface area contributed by atoms with Crippen LogP contribution in [0.2, 0.25) is 0 Å². The number of carbonyl (C=O) groups is 1. The fraction of sp³-hybridized carbons (Fsp3) is 0.350. The summed E-state index contributed by atoms with van der Waals surface area (Å²) in [6, 6.07) is 15.8. The molecule has 1 fully saturated rings. The molecule has 1 aliphatic heterocycles. The smallest absolute Gasteiger partial charge is 0.251 e. The summed E-state index contributed by atoms with van der Waals surface area (Å²) in [5, 5.41) is 2.92. The highest BCUT2D eigenvalue weighted by molar-refractivity contribution is 7.89. The number of piperidine rings is 1. The van der Waals surface area contributed by atoms with Crippen molar-refractivity contribution in [2.45, 2.75) is 37.1 Å². The lowest BCUT2D eigenvalue weighted by Gasteiger charge is -2.26. The minimum Gasteiger partial charge on any atom is -0.346 e. The Labute approximate surface area is 155 Å². The quantitative estimate of drug-likeness (QED) is 0.875. The molecular formula is C20H24N2O3S. The van der Waals surface area contributed by atoms with Crippen LogP contribution in [0.4, 0.5) is 0 Å². The van der Waals surface area contributed by atoms with Gasteiger partial charge < -0.3 is 5.32 Å². The molecule has 1 unspecified atom stereocenters. The fourth-order valence-corrected chi connectivity index (χ4v) is 4.72. The van der Waals surface area contributed by atoms with Crippen LogP contribution in [0.5, 0.6) is 0 Å². The van der Waals surface area contributed by atoms with Crippen LogP contribution in [0.25, 0.3) is 0 Å². The van der Waals surface area contributed by atoms with Crippen LogP contribution >= 0.6 is 0 Å². The fourth-order valence-electron chi connectivity index (χ4n) is 3.16. The molecule has 0 spiro atoms. The van der Waals surface area contributed by atoms with Crippen LogP contribution in [-0.4, -0.2) is 31.7 Å². The number of hydrogen-bond acceptors (Lipinski definition) is 3. The van der Waals surface area contributed by atoms with Gasteiger partial charge in [-0.15, -0.1) is 0 Å². The molecule has 2 aromatic rings. The van der Waals surface area contributed by atoms with Gasteiger partial charge in [-0.3, -0.25) is 4.79 Å². The average molecular weight is 372 g/mol. The molecule has 1 saturated heterocycles. The molecular weight excluding hydrogens is 348 g/mol. The van der Waals surface area contributed by atoms with E-state index in [1.165, 1.54) is 10.4 Å². The molecule has 1 amide bonds. The van der Waals surface area contributed by atoms with Crippen molar-refractivity contribution in [3.63, 3.8) is 0 Å². The lowest BCUT2D eigenvalue weighted by molar-refractivity contribution is 0.0939. The number of carbonyl (C=O) groups excluding carboxylic acids is 1. The van der Waals surface area contributed by atoms with Gasteiger partial charge in [0.15, 0.2) is 0 Å². The van der Waals surface area contributed by atoms with E-state index in [0.717, 1.165) is 24.8 Å². The summed E-state index contributed by atoms with van der Waals surface area (Å²) < 4.78 is 27.1. The molecule has 0 saturated carbocycles. The largest absolute Gasteiger partial charge is 0.346 e. The predicted molar refractivity (Wildman–Crippen MR) is 101 cm³/mol. The Morgan fingerprint density at radius 2 is 1.69 bits per heavy atom. The zero-order chi connectivity index (χ0) is 18.6. The van der Waals surface area contributed by atoms with Crippen LogP contribution in [0, 0.1) is 0 Å². The summed E-state index contributed by atoms with van der Waals surface area (Å²) >= 11 is 0. The molecule has 1 N–H and O–H groups in total. The van der Waals surface area contributed by atoms with Gasteiger partial charge in [-0.2, -0.15) is 4.31 Å². The van der Waals surface area contributed by atoms with Crippen molar-refractivity contribution in [2.75, 3.05) is 13.1 Å². The molecule has 5 nitrogen and oxygen atoms in total. The van der Waals surface area contributed by atoms with Crippen LogP contribution in [0.15, 0.2) is 59.5 Å². The topological polar surface area (TPSA) is 66.5 Å². The molecule has 1 heterocycles. The summed E-state index contributed by atoms with van der Waals surface area (Å²) in [5.41, 5.74) is 1.35. The number of rotatable bonds is 5. The first-order chi connectivity index (χ1) is 12.5. The predicted octanol–water partition coefficient (Wildman–Crippen LogP) is 3.35. The van der Waals surface area contributed by atoms with Crippen molar-refractivity contribution in [2.24, 2.45) is 0 Å². The average Bonchev–Trinajstić information content (AvgIpc) is 2.69. The third kappa shape index (κ3) is 4.14. The Morgan fingerprint density at radius 3 is 2.38 bits per heavy atom. The summed E-state index contributed by atoms with van der Waals surface area (Å²) in [4.78, 5) is 12.7. The first-order valence-corrected chi connectivity index (χ1v) is 10.4. The van der Waals surface area contributed by atoms with Crippen molar-refractivity contribution >= 4 is 15.9 Å². The third-order valence-electron chi connectivity index (χ3n) is 4.70. The first-order valence-electron chi connectivity index (χ1n) is 8.94. The van der Waals surface area contributed by atoms with Crippen LogP contribution in [-0.2, 0) is 10.0 Å². The molecule has 3 rings (SSSR count). The second kappa shape index (κ2) is 8.01. The molecule has 1 atom stereocenters. The molecule has 138 valence electrons. The Balaban J connectivity index is 1.77. The Morgan fingerprint density at radius 1 is 1.00 bits per heavy atom. The van der Waals surface area contributed by atoms with Crippen molar-refractivity contribution < 1.29 is 13.2 Å². The molecule has 0 radical (unpaired) electrons. The van der Waals surface area contributed by atoms with Gasteiger partial charge in [0.05, 0.1) is 10.9 Å². The highest BCUT2D eigenvalue weighted by Crippen LogP contribution is 2.21. The van der Waals surface area contributed by atoms with Gasteiger partial charge in [0.25, 0.3) is 5.91 Å². The van der Waals surface area contributed by atoms with Gasteiger partial charge in [0.1, 0.15) is 0 Å². The minimum atomic E-state index is -3.55. The summed E-state index contributed by atoms with van der Waals surface area (Å²) in [7, 11) is -3.55. The number of amides is 1. The molecule has 0 bridgehead atoms. The van der Waals surface area contributed by atoms with E-state index in [9.17, 15) is 13.2 Å². The molecule has 26 heavy (non-hydrogen) atoms. The Hall–Kier alpha value is -2.18. The summed E-state index contributed by atoms with van der Waals surface area (Å²) in [6.07, 6.45) is 2.83. The van der Waals surface area contributed by atoms with Crippen LogP contribution in [0.3, 0.4) is 0 Å². The molecule has 2 aromatic carbocycles. The maximum absolute atomic E-state index is 12.8. The van der Waals surface area contributed by atoms with Crippen LogP contribution < -0.4 is 5.32 Å². The van der Waals surface area contributed by atoms with Crippen molar-refractivity contribution in [3.05, 3.63) is 65.7 Å². The number of sulfonamides is 1. The molecule has 0 aliphatic carbocycles. The molecule has 6 heteroatoms. The lowest BCUT2D eigenvalue weighted by atomic mass is 10.1. The van der Waals surface area contributed by atoms with Gasteiger partial charge in [-0.05, 0) is 43.5 Å². The first kappa shape index (κ1) is 18.6. The van der Waals surface area contributed by atoms with Crippen molar-refractivity contribution in [1.82, 2.24) is 9.62 Å². The number of benzene rings is 2. The minimum absolute atomic E-state index is 0.161. The maximum atomic E-state index is 12.8. The van der Waals surface area contributed by atoms with E-state index < -0.39 is 10.0 Å². The van der Waals surface area contributed by atoms with Gasteiger partial charge in [-0.1, -0.05) is 42.8 Å². The highest BCUT2D eigenvalue weighted by Gasteiger charge is 2.26. The van der Waals surface area contributed by atoms with Gasteiger partial charge in [-0.25, -0.2) is 8.42 Å². The Kier molecular flexibility index (Phi) is 5.74. The van der Waals surface area contributed by atoms with E-state index in [-0.39, 0.29) is 16.8 Å². The normalized spacial score (nSPS) is 16.8. The maximum Gasteiger partial charge on any atom is 0.251 e. The zero-order valence-electron chi connectivity index (χ0n) is 14.9.